The molecule has 21 heavy (non-hydrogen) atoms. The van der Waals surface area contributed by atoms with Gasteiger partial charge in [-0.1, -0.05) is 18.2 Å². The molecule has 2 aromatic carbocycles. The Labute approximate surface area is 124 Å². The van der Waals surface area contributed by atoms with Gasteiger partial charge in [-0.3, -0.25) is 4.79 Å². The van der Waals surface area contributed by atoms with Crippen molar-refractivity contribution < 1.29 is 9.53 Å². The first-order valence-corrected chi connectivity index (χ1v) is 7.10. The highest BCUT2D eigenvalue weighted by atomic mass is 16.5. The Morgan fingerprint density at radius 3 is 2.62 bits per heavy atom. The van der Waals surface area contributed by atoms with Crippen LogP contribution in [0.25, 0.3) is 0 Å². The van der Waals surface area contributed by atoms with Gasteiger partial charge in [-0.05, 0) is 42.8 Å². The molecule has 0 bridgehead atoms. The molecule has 0 aromatic heterocycles. The number of ether oxygens (including phenoxy) is 1. The van der Waals surface area contributed by atoms with Crippen LogP contribution in [0.5, 0.6) is 5.75 Å². The quantitative estimate of drug-likeness (QED) is 0.880. The maximum absolute atomic E-state index is 12.7. The van der Waals surface area contributed by atoms with Gasteiger partial charge in [-0.2, -0.15) is 0 Å². The maximum Gasteiger partial charge on any atom is 0.268 e. The molecular weight excluding hydrogens is 264 g/mol. The minimum Gasteiger partial charge on any atom is -0.480 e. The van der Waals surface area contributed by atoms with Crippen LogP contribution in [0.2, 0.25) is 0 Å². The van der Waals surface area contributed by atoms with Gasteiger partial charge >= 0.3 is 0 Å². The van der Waals surface area contributed by atoms with E-state index in [4.69, 9.17) is 10.5 Å². The summed E-state index contributed by atoms with van der Waals surface area (Å²) in [4.78, 5) is 14.4. The Balaban J connectivity index is 1.80. The van der Waals surface area contributed by atoms with Crippen molar-refractivity contribution in [1.82, 2.24) is 0 Å². The molecule has 4 nitrogen and oxygen atoms in total. The largest absolute Gasteiger partial charge is 0.480 e. The zero-order valence-electron chi connectivity index (χ0n) is 12.0. The number of amides is 1. The van der Waals surface area contributed by atoms with E-state index in [2.05, 4.69) is 0 Å². The maximum atomic E-state index is 12.7. The van der Waals surface area contributed by atoms with Crippen LogP contribution in [0.1, 0.15) is 12.5 Å². The zero-order valence-corrected chi connectivity index (χ0v) is 12.0. The fourth-order valence-electron chi connectivity index (χ4n) is 2.61. The summed E-state index contributed by atoms with van der Waals surface area (Å²) < 4.78 is 5.78. The third-order valence-electron chi connectivity index (χ3n) is 3.71. The highest BCUT2D eigenvalue weighted by Gasteiger charge is 2.32. The van der Waals surface area contributed by atoms with Crippen molar-refractivity contribution in [2.24, 2.45) is 0 Å². The van der Waals surface area contributed by atoms with E-state index in [1.165, 1.54) is 0 Å². The van der Waals surface area contributed by atoms with E-state index in [1.54, 1.807) is 17.0 Å². The molecule has 4 heteroatoms. The Hall–Kier alpha value is -2.49. The molecule has 1 atom stereocenters. The van der Waals surface area contributed by atoms with Gasteiger partial charge < -0.3 is 15.4 Å². The lowest BCUT2D eigenvalue weighted by Gasteiger charge is -2.24. The first-order chi connectivity index (χ1) is 10.2. The van der Waals surface area contributed by atoms with Gasteiger partial charge in [-0.15, -0.1) is 0 Å². The number of carbonyl (C=O) groups excluding carboxylic acids is 1. The van der Waals surface area contributed by atoms with Crippen molar-refractivity contribution in [3.05, 3.63) is 54.1 Å². The number of hydrogen-bond acceptors (Lipinski definition) is 3. The predicted molar refractivity (Wildman–Crippen MR) is 83.4 cm³/mol. The average Bonchev–Trinajstić information content (AvgIpc) is 2.93. The Bertz CT molecular complexity index is 627. The number of para-hydroxylation sites is 1. The number of likely N-dealkylation sites (N-methyl/N-ethyl adjacent to an activating group) is 1. The normalized spacial score (nSPS) is 16.1. The number of fused-ring (bicyclic) bond motifs is 1. The Morgan fingerprint density at radius 1 is 1.24 bits per heavy atom. The molecule has 108 valence electrons. The molecule has 2 N–H and O–H groups in total. The highest BCUT2D eigenvalue weighted by molar-refractivity contribution is 5.97. The third-order valence-corrected chi connectivity index (χ3v) is 3.71. The minimum absolute atomic E-state index is 0.0153. The van der Waals surface area contributed by atoms with Gasteiger partial charge in [0, 0.05) is 24.3 Å². The molecule has 1 heterocycles. The molecule has 0 radical (unpaired) electrons. The van der Waals surface area contributed by atoms with Gasteiger partial charge in [0.05, 0.1) is 0 Å². The summed E-state index contributed by atoms with van der Waals surface area (Å²) >= 11 is 0. The van der Waals surface area contributed by atoms with Crippen LogP contribution in [0.4, 0.5) is 11.4 Å². The number of nitrogens with two attached hydrogens (primary N) is 1. The third kappa shape index (κ3) is 2.57. The molecule has 0 fully saturated rings. The van der Waals surface area contributed by atoms with Crippen LogP contribution in [-0.4, -0.2) is 18.6 Å². The van der Waals surface area contributed by atoms with Crippen LogP contribution < -0.4 is 15.4 Å². The van der Waals surface area contributed by atoms with Crippen LogP contribution in [0, 0.1) is 0 Å². The second-order valence-corrected chi connectivity index (χ2v) is 5.09. The molecule has 0 spiro atoms. The summed E-state index contributed by atoms with van der Waals surface area (Å²) in [5.74, 6) is 0.794. The van der Waals surface area contributed by atoms with Crippen molar-refractivity contribution in [2.45, 2.75) is 19.4 Å². The summed E-state index contributed by atoms with van der Waals surface area (Å²) in [5, 5.41) is 0. The second kappa shape index (κ2) is 5.48. The number of nitrogens with zero attached hydrogens (tertiary/aromatic N) is 1. The summed E-state index contributed by atoms with van der Waals surface area (Å²) in [6.45, 7) is 2.55. The molecule has 0 saturated heterocycles. The van der Waals surface area contributed by atoms with Gasteiger partial charge in [0.2, 0.25) is 0 Å². The van der Waals surface area contributed by atoms with Crippen LogP contribution in [0.15, 0.2) is 48.5 Å². The highest BCUT2D eigenvalue weighted by Crippen LogP contribution is 2.30. The number of carbonyl (C=O) groups is 1. The first-order valence-electron chi connectivity index (χ1n) is 7.10. The number of benzene rings is 2. The Morgan fingerprint density at radius 2 is 1.95 bits per heavy atom. The SMILES string of the molecule is CCN(C(=O)C1Cc2ccccc2O1)c1ccc(N)cc1. The van der Waals surface area contributed by atoms with Gasteiger partial charge in [0.15, 0.2) is 6.10 Å². The number of hydrogen-bond donors (Lipinski definition) is 1. The van der Waals surface area contributed by atoms with E-state index in [9.17, 15) is 4.79 Å². The van der Waals surface area contributed by atoms with E-state index in [0.717, 1.165) is 17.0 Å². The number of rotatable bonds is 3. The average molecular weight is 282 g/mol. The van der Waals surface area contributed by atoms with Crippen molar-refractivity contribution >= 4 is 17.3 Å². The molecule has 1 unspecified atom stereocenters. The molecule has 2 aromatic rings. The number of anilines is 2. The van der Waals surface area contributed by atoms with Crippen LogP contribution >= 0.6 is 0 Å². The number of nitrogen functional groups attached to an aromatic ring is 1. The minimum atomic E-state index is -0.445. The molecule has 0 saturated carbocycles. The molecule has 3 rings (SSSR count). The molecule has 1 aliphatic heterocycles. The van der Waals surface area contributed by atoms with E-state index in [0.29, 0.717) is 18.7 Å². The van der Waals surface area contributed by atoms with E-state index in [-0.39, 0.29) is 5.91 Å². The topological polar surface area (TPSA) is 55.6 Å². The van der Waals surface area contributed by atoms with Crippen molar-refractivity contribution in [3.8, 4) is 5.75 Å². The lowest BCUT2D eigenvalue weighted by molar-refractivity contribution is -0.124. The lowest BCUT2D eigenvalue weighted by atomic mass is 10.1. The van der Waals surface area contributed by atoms with Gasteiger partial charge in [0.1, 0.15) is 5.75 Å². The fraction of sp³-hybridized carbons (Fsp3) is 0.235. The van der Waals surface area contributed by atoms with Crippen LogP contribution in [-0.2, 0) is 11.2 Å². The fourth-order valence-corrected chi connectivity index (χ4v) is 2.61. The molecule has 1 amide bonds. The van der Waals surface area contributed by atoms with E-state index in [1.807, 2.05) is 43.3 Å². The smallest absolute Gasteiger partial charge is 0.268 e. The molecular formula is C17H18N2O2. The lowest BCUT2D eigenvalue weighted by Crippen LogP contribution is -2.41. The standard InChI is InChI=1S/C17H18N2O2/c1-2-19(14-9-7-13(18)8-10-14)17(20)16-11-12-5-3-4-6-15(12)21-16/h3-10,16H,2,11,18H2,1H3. The summed E-state index contributed by atoms with van der Waals surface area (Å²) in [6, 6.07) is 15.1. The predicted octanol–water partition coefficient (Wildman–Crippen LogP) is 2.63. The van der Waals surface area contributed by atoms with Crippen molar-refractivity contribution in [1.29, 1.82) is 0 Å². The Kier molecular flexibility index (Phi) is 3.52. The van der Waals surface area contributed by atoms with E-state index >= 15 is 0 Å². The second-order valence-electron chi connectivity index (χ2n) is 5.09. The van der Waals surface area contributed by atoms with Crippen molar-refractivity contribution in [2.75, 3.05) is 17.2 Å². The van der Waals surface area contributed by atoms with E-state index < -0.39 is 6.10 Å². The van der Waals surface area contributed by atoms with Gasteiger partial charge in [0.25, 0.3) is 5.91 Å². The monoisotopic (exact) mass is 282 g/mol. The molecule has 0 aliphatic carbocycles. The first kappa shape index (κ1) is 13.5. The van der Waals surface area contributed by atoms with Crippen molar-refractivity contribution in [3.63, 3.8) is 0 Å². The summed E-state index contributed by atoms with van der Waals surface area (Å²) in [6.07, 6.45) is 0.181. The molecule has 1 aliphatic rings. The summed E-state index contributed by atoms with van der Waals surface area (Å²) in [7, 11) is 0. The van der Waals surface area contributed by atoms with Crippen LogP contribution in [0.3, 0.4) is 0 Å². The summed E-state index contributed by atoms with van der Waals surface area (Å²) in [5.41, 5.74) is 8.31. The zero-order chi connectivity index (χ0) is 14.8. The van der Waals surface area contributed by atoms with Gasteiger partial charge in [-0.25, -0.2) is 0 Å².